The van der Waals surface area contributed by atoms with Crippen molar-refractivity contribution < 1.29 is 0 Å². The highest BCUT2D eigenvalue weighted by atomic mass is 35.5. The summed E-state index contributed by atoms with van der Waals surface area (Å²) in [6, 6.07) is 0. The van der Waals surface area contributed by atoms with Gasteiger partial charge in [-0.3, -0.25) is 4.99 Å². The number of aliphatic imine (C=N–C) groups is 1. The number of halogens is 1. The van der Waals surface area contributed by atoms with Gasteiger partial charge >= 0.3 is 0 Å². The first-order chi connectivity index (χ1) is 4.60. The van der Waals surface area contributed by atoms with E-state index in [-0.39, 0.29) is 4.87 Å². The standard InChI is InChI=1S/C8H10ClN/c1-7-6-8(2,9)4-3-5-10-7/h3-6H,1-2H3. The third-order valence-electron chi connectivity index (χ3n) is 1.28. The highest BCUT2D eigenvalue weighted by Crippen LogP contribution is 2.21. The van der Waals surface area contributed by atoms with Gasteiger partial charge in [0.25, 0.3) is 0 Å². The number of rotatable bonds is 0. The van der Waals surface area contributed by atoms with Crippen LogP contribution in [-0.2, 0) is 0 Å². The van der Waals surface area contributed by atoms with E-state index in [2.05, 4.69) is 4.99 Å². The van der Waals surface area contributed by atoms with Crippen molar-refractivity contribution >= 4 is 17.8 Å². The number of alkyl halides is 1. The minimum absolute atomic E-state index is 0.361. The summed E-state index contributed by atoms with van der Waals surface area (Å²) in [7, 11) is 0. The molecule has 1 atom stereocenters. The van der Waals surface area contributed by atoms with Crippen molar-refractivity contribution in [2.24, 2.45) is 4.99 Å². The molecular formula is C8H10ClN. The lowest BCUT2D eigenvalue weighted by molar-refractivity contribution is 0.975. The van der Waals surface area contributed by atoms with Gasteiger partial charge in [-0.15, -0.1) is 11.6 Å². The fourth-order valence-corrected chi connectivity index (χ4v) is 1.12. The molecular weight excluding hydrogens is 146 g/mol. The zero-order chi connectivity index (χ0) is 7.61. The van der Waals surface area contributed by atoms with E-state index in [1.165, 1.54) is 0 Å². The van der Waals surface area contributed by atoms with Gasteiger partial charge < -0.3 is 0 Å². The normalized spacial score (nSPS) is 31.7. The molecule has 2 heteroatoms. The Kier molecular flexibility index (Phi) is 1.95. The van der Waals surface area contributed by atoms with Crippen LogP contribution < -0.4 is 0 Å². The van der Waals surface area contributed by atoms with Gasteiger partial charge in [0.1, 0.15) is 0 Å². The zero-order valence-electron chi connectivity index (χ0n) is 6.13. The summed E-state index contributed by atoms with van der Waals surface area (Å²) in [6.07, 6.45) is 7.45. The van der Waals surface area contributed by atoms with E-state index in [4.69, 9.17) is 11.6 Å². The summed E-state index contributed by atoms with van der Waals surface area (Å²) >= 11 is 6.03. The Balaban J connectivity index is 2.93. The van der Waals surface area contributed by atoms with Crippen LogP contribution >= 0.6 is 11.6 Å². The molecule has 1 nitrogen and oxygen atoms in total. The molecule has 0 spiro atoms. The molecule has 0 radical (unpaired) electrons. The highest BCUT2D eigenvalue weighted by molar-refractivity contribution is 6.26. The second-order valence-corrected chi connectivity index (χ2v) is 3.39. The van der Waals surface area contributed by atoms with E-state index < -0.39 is 0 Å². The molecule has 0 N–H and O–H groups in total. The molecule has 0 bridgehead atoms. The second-order valence-electron chi connectivity index (χ2n) is 2.57. The zero-order valence-corrected chi connectivity index (χ0v) is 6.89. The molecule has 1 aliphatic rings. The van der Waals surface area contributed by atoms with Gasteiger partial charge in [-0.2, -0.15) is 0 Å². The Hall–Kier alpha value is -0.560. The molecule has 0 aliphatic carbocycles. The lowest BCUT2D eigenvalue weighted by atomic mass is 10.1. The Morgan fingerprint density at radius 3 is 3.00 bits per heavy atom. The number of hydrogen-bond donors (Lipinski definition) is 0. The van der Waals surface area contributed by atoms with Gasteiger partial charge in [0.05, 0.1) is 4.87 Å². The van der Waals surface area contributed by atoms with Crippen LogP contribution in [0.5, 0.6) is 0 Å². The van der Waals surface area contributed by atoms with Gasteiger partial charge in [0.15, 0.2) is 0 Å². The first-order valence-electron chi connectivity index (χ1n) is 3.20. The van der Waals surface area contributed by atoms with Crippen molar-refractivity contribution in [3.63, 3.8) is 0 Å². The van der Waals surface area contributed by atoms with Gasteiger partial charge in [0.2, 0.25) is 0 Å². The van der Waals surface area contributed by atoms with Crippen LogP contribution in [0.3, 0.4) is 0 Å². The second kappa shape index (κ2) is 2.59. The topological polar surface area (TPSA) is 12.4 Å². The molecule has 0 aromatic heterocycles. The van der Waals surface area contributed by atoms with E-state index >= 15 is 0 Å². The molecule has 54 valence electrons. The SMILES string of the molecule is CC1=CC(C)(Cl)C=CC=N1. The average Bonchev–Trinajstić information content (AvgIpc) is 1.90. The predicted molar refractivity (Wildman–Crippen MR) is 45.6 cm³/mol. The van der Waals surface area contributed by atoms with Gasteiger partial charge in [0, 0.05) is 11.9 Å². The molecule has 0 fully saturated rings. The van der Waals surface area contributed by atoms with Gasteiger partial charge in [-0.1, -0.05) is 6.08 Å². The number of nitrogens with zero attached hydrogens (tertiary/aromatic N) is 1. The Bertz CT molecular complexity index is 211. The molecule has 1 rings (SSSR count). The van der Waals surface area contributed by atoms with Crippen LogP contribution in [0.1, 0.15) is 13.8 Å². The molecule has 1 heterocycles. The Morgan fingerprint density at radius 1 is 1.60 bits per heavy atom. The third kappa shape index (κ3) is 1.99. The smallest absolute Gasteiger partial charge is 0.0801 e. The lowest BCUT2D eigenvalue weighted by Crippen LogP contribution is -2.07. The quantitative estimate of drug-likeness (QED) is 0.477. The first kappa shape index (κ1) is 7.55. The van der Waals surface area contributed by atoms with Crippen LogP contribution in [0, 0.1) is 0 Å². The van der Waals surface area contributed by atoms with E-state index in [9.17, 15) is 0 Å². The molecule has 1 unspecified atom stereocenters. The van der Waals surface area contributed by atoms with E-state index in [0.717, 1.165) is 5.70 Å². The molecule has 10 heavy (non-hydrogen) atoms. The average molecular weight is 156 g/mol. The summed E-state index contributed by atoms with van der Waals surface area (Å²) in [5.41, 5.74) is 0.961. The number of allylic oxidation sites excluding steroid dienone is 4. The summed E-state index contributed by atoms with van der Waals surface area (Å²) in [6.45, 7) is 3.87. The number of hydrogen-bond acceptors (Lipinski definition) is 1. The van der Waals surface area contributed by atoms with Crippen LogP contribution in [0.4, 0.5) is 0 Å². The molecule has 0 saturated heterocycles. The van der Waals surface area contributed by atoms with Crippen LogP contribution in [-0.4, -0.2) is 11.1 Å². The lowest BCUT2D eigenvalue weighted by Gasteiger charge is -2.09. The van der Waals surface area contributed by atoms with Crippen molar-refractivity contribution in [3.05, 3.63) is 23.9 Å². The van der Waals surface area contributed by atoms with Crippen molar-refractivity contribution in [2.45, 2.75) is 18.7 Å². The minimum atomic E-state index is -0.361. The molecule has 0 amide bonds. The van der Waals surface area contributed by atoms with Crippen molar-refractivity contribution in [1.82, 2.24) is 0 Å². The molecule has 0 aromatic carbocycles. The molecule has 1 aliphatic heterocycles. The molecule has 0 saturated carbocycles. The monoisotopic (exact) mass is 155 g/mol. The first-order valence-corrected chi connectivity index (χ1v) is 3.58. The van der Waals surface area contributed by atoms with Gasteiger partial charge in [-0.25, -0.2) is 0 Å². The van der Waals surface area contributed by atoms with Crippen molar-refractivity contribution in [3.8, 4) is 0 Å². The highest BCUT2D eigenvalue weighted by Gasteiger charge is 2.13. The minimum Gasteiger partial charge on any atom is -0.262 e. The molecule has 0 aromatic rings. The third-order valence-corrected chi connectivity index (χ3v) is 1.51. The Labute approximate surface area is 66.1 Å². The summed E-state index contributed by atoms with van der Waals surface area (Å²) in [5.74, 6) is 0. The Morgan fingerprint density at radius 2 is 2.30 bits per heavy atom. The van der Waals surface area contributed by atoms with E-state index in [1.54, 1.807) is 6.21 Å². The fourth-order valence-electron chi connectivity index (χ4n) is 0.886. The largest absolute Gasteiger partial charge is 0.262 e. The fraction of sp³-hybridized carbons (Fsp3) is 0.375. The van der Waals surface area contributed by atoms with Crippen molar-refractivity contribution in [1.29, 1.82) is 0 Å². The maximum Gasteiger partial charge on any atom is 0.0801 e. The maximum absolute atomic E-state index is 6.03. The summed E-state index contributed by atoms with van der Waals surface area (Å²) in [5, 5.41) is 0. The summed E-state index contributed by atoms with van der Waals surface area (Å²) < 4.78 is 0. The maximum atomic E-state index is 6.03. The van der Waals surface area contributed by atoms with Crippen molar-refractivity contribution in [2.75, 3.05) is 0 Å². The predicted octanol–water partition coefficient (Wildman–Crippen LogP) is 2.53. The van der Waals surface area contributed by atoms with Gasteiger partial charge in [-0.05, 0) is 26.0 Å². The van der Waals surface area contributed by atoms with E-state index in [1.807, 2.05) is 32.1 Å². The van der Waals surface area contributed by atoms with E-state index in [0.29, 0.717) is 0 Å². The summed E-state index contributed by atoms with van der Waals surface area (Å²) in [4.78, 5) is 3.72. The van der Waals surface area contributed by atoms with Crippen LogP contribution in [0.25, 0.3) is 0 Å². The van der Waals surface area contributed by atoms with Crippen LogP contribution in [0.2, 0.25) is 0 Å². The van der Waals surface area contributed by atoms with Crippen LogP contribution in [0.15, 0.2) is 28.9 Å².